The van der Waals surface area contributed by atoms with Gasteiger partial charge in [0.25, 0.3) is 0 Å². The first-order valence-electron chi connectivity index (χ1n) is 10.0. The summed E-state index contributed by atoms with van der Waals surface area (Å²) >= 11 is 0. The van der Waals surface area contributed by atoms with Gasteiger partial charge in [0.05, 0.1) is 0 Å². The van der Waals surface area contributed by atoms with Gasteiger partial charge in [-0.05, 0) is 43.5 Å². The number of fused-ring (bicyclic) bond motifs is 1. The number of para-hydroxylation sites is 1. The Morgan fingerprint density at radius 2 is 1.89 bits per heavy atom. The monoisotopic (exact) mass is 364 g/mol. The molecule has 2 aromatic carbocycles. The molecule has 4 rings (SSSR count). The van der Waals surface area contributed by atoms with Gasteiger partial charge in [0.2, 0.25) is 5.91 Å². The van der Waals surface area contributed by atoms with Crippen LogP contribution in [0, 0.1) is 0 Å². The van der Waals surface area contributed by atoms with Crippen molar-refractivity contribution in [2.75, 3.05) is 13.2 Å². The molecular formula is C23H28N2O2. The van der Waals surface area contributed by atoms with Crippen LogP contribution >= 0.6 is 0 Å². The summed E-state index contributed by atoms with van der Waals surface area (Å²) in [4.78, 5) is 15.1. The number of piperidine rings is 1. The molecular weight excluding hydrogens is 336 g/mol. The highest BCUT2D eigenvalue weighted by molar-refractivity contribution is 5.85. The Morgan fingerprint density at radius 3 is 2.70 bits per heavy atom. The van der Waals surface area contributed by atoms with Crippen LogP contribution in [0.15, 0.2) is 48.5 Å². The summed E-state index contributed by atoms with van der Waals surface area (Å²) in [6.45, 7) is 5.53. The van der Waals surface area contributed by atoms with E-state index >= 15 is 0 Å². The average Bonchev–Trinajstić information content (AvgIpc) is 3.13. The molecule has 0 aliphatic carbocycles. The van der Waals surface area contributed by atoms with Crippen molar-refractivity contribution in [3.8, 4) is 5.75 Å². The van der Waals surface area contributed by atoms with Crippen LogP contribution in [0.2, 0.25) is 0 Å². The first-order chi connectivity index (χ1) is 13.2. The Bertz CT molecular complexity index is 787. The van der Waals surface area contributed by atoms with Crippen molar-refractivity contribution in [3.05, 3.63) is 65.2 Å². The molecule has 4 heteroatoms. The number of ether oxygens (including phenoxy) is 1. The van der Waals surface area contributed by atoms with E-state index in [1.54, 1.807) is 0 Å². The molecule has 0 aromatic heterocycles. The summed E-state index contributed by atoms with van der Waals surface area (Å²) in [5.41, 5.74) is 3.46. The zero-order valence-electron chi connectivity index (χ0n) is 16.0. The first-order valence-corrected chi connectivity index (χ1v) is 10.0. The first kappa shape index (κ1) is 18.1. The molecule has 142 valence electrons. The van der Waals surface area contributed by atoms with Crippen LogP contribution in [0.3, 0.4) is 0 Å². The lowest BCUT2D eigenvalue weighted by molar-refractivity contribution is -0.122. The number of hydrogen-bond acceptors (Lipinski definition) is 3. The summed E-state index contributed by atoms with van der Waals surface area (Å²) in [5.74, 6) is 0.654. The number of benzene rings is 2. The van der Waals surface area contributed by atoms with Crippen molar-refractivity contribution in [2.45, 2.75) is 51.2 Å². The van der Waals surface area contributed by atoms with Gasteiger partial charge >= 0.3 is 0 Å². The third kappa shape index (κ3) is 4.16. The Morgan fingerprint density at radius 1 is 1.11 bits per heavy atom. The molecule has 1 fully saturated rings. The second-order valence-electron chi connectivity index (χ2n) is 7.75. The van der Waals surface area contributed by atoms with Crippen LogP contribution in [0.1, 0.15) is 48.8 Å². The number of carbonyl (C=O) groups excluding carboxylic acids is 1. The number of rotatable bonds is 5. The molecule has 4 nitrogen and oxygen atoms in total. The third-order valence-electron chi connectivity index (χ3n) is 5.83. The molecule has 0 saturated carbocycles. The van der Waals surface area contributed by atoms with Crippen molar-refractivity contribution >= 4 is 5.91 Å². The molecule has 2 aliphatic rings. The quantitative estimate of drug-likeness (QED) is 0.876. The molecule has 1 saturated heterocycles. The number of likely N-dealkylation sites (tertiary alicyclic amines) is 1. The van der Waals surface area contributed by atoms with E-state index in [0.29, 0.717) is 19.2 Å². The van der Waals surface area contributed by atoms with Crippen molar-refractivity contribution in [1.82, 2.24) is 10.2 Å². The molecule has 1 N–H and O–H groups in total. The molecule has 1 amide bonds. The minimum atomic E-state index is -0.207. The van der Waals surface area contributed by atoms with Gasteiger partial charge in [-0.15, -0.1) is 0 Å². The van der Waals surface area contributed by atoms with Crippen LogP contribution in [0.5, 0.6) is 5.75 Å². The fourth-order valence-corrected chi connectivity index (χ4v) is 4.08. The zero-order chi connectivity index (χ0) is 18.6. The second kappa shape index (κ2) is 8.13. The Balaban J connectivity index is 1.31. The number of hydrogen-bond donors (Lipinski definition) is 1. The Labute approximate surface area is 161 Å². The smallest absolute Gasteiger partial charge is 0.231 e. The molecule has 2 unspecified atom stereocenters. The highest BCUT2D eigenvalue weighted by Crippen LogP contribution is 2.33. The SMILES string of the molecule is CC1CCCCN1Cc1ccc(CNC(=O)C2COc3ccccc32)cc1. The zero-order valence-corrected chi connectivity index (χ0v) is 16.0. The van der Waals surface area contributed by atoms with E-state index in [1.165, 1.54) is 31.4 Å². The molecule has 27 heavy (non-hydrogen) atoms. The van der Waals surface area contributed by atoms with Gasteiger partial charge in [-0.1, -0.05) is 48.9 Å². The molecule has 0 radical (unpaired) electrons. The summed E-state index contributed by atoms with van der Waals surface area (Å²) < 4.78 is 5.62. The molecule has 0 spiro atoms. The largest absolute Gasteiger partial charge is 0.492 e. The van der Waals surface area contributed by atoms with E-state index < -0.39 is 0 Å². The van der Waals surface area contributed by atoms with E-state index in [0.717, 1.165) is 23.4 Å². The van der Waals surface area contributed by atoms with Crippen LogP contribution in [-0.4, -0.2) is 30.0 Å². The van der Waals surface area contributed by atoms with Crippen LogP contribution in [-0.2, 0) is 17.9 Å². The number of carbonyl (C=O) groups is 1. The van der Waals surface area contributed by atoms with Crippen molar-refractivity contribution in [3.63, 3.8) is 0 Å². The lowest BCUT2D eigenvalue weighted by atomic mass is 10.0. The predicted octanol–water partition coefficient (Wildman–Crippen LogP) is 3.85. The lowest BCUT2D eigenvalue weighted by Gasteiger charge is -2.33. The molecule has 2 atom stereocenters. The molecule has 2 aliphatic heterocycles. The number of amides is 1. The Hall–Kier alpha value is -2.33. The van der Waals surface area contributed by atoms with Crippen molar-refractivity contribution in [1.29, 1.82) is 0 Å². The van der Waals surface area contributed by atoms with Gasteiger partial charge in [-0.25, -0.2) is 0 Å². The van der Waals surface area contributed by atoms with Gasteiger partial charge in [-0.3, -0.25) is 9.69 Å². The maximum absolute atomic E-state index is 12.5. The van der Waals surface area contributed by atoms with Crippen LogP contribution in [0.25, 0.3) is 0 Å². The third-order valence-corrected chi connectivity index (χ3v) is 5.83. The summed E-state index contributed by atoms with van der Waals surface area (Å²) in [6.07, 6.45) is 3.97. The van der Waals surface area contributed by atoms with Gasteiger partial charge in [0, 0.05) is 24.7 Å². The fourth-order valence-electron chi connectivity index (χ4n) is 4.08. The topological polar surface area (TPSA) is 41.6 Å². The van der Waals surface area contributed by atoms with E-state index in [1.807, 2.05) is 24.3 Å². The molecule has 0 bridgehead atoms. The van der Waals surface area contributed by atoms with E-state index in [4.69, 9.17) is 4.74 Å². The average molecular weight is 364 g/mol. The number of nitrogens with zero attached hydrogens (tertiary/aromatic N) is 1. The van der Waals surface area contributed by atoms with Gasteiger partial charge in [-0.2, -0.15) is 0 Å². The number of nitrogens with one attached hydrogen (secondary N) is 1. The van der Waals surface area contributed by atoms with Gasteiger partial charge < -0.3 is 10.1 Å². The van der Waals surface area contributed by atoms with E-state index in [9.17, 15) is 4.79 Å². The Kier molecular flexibility index (Phi) is 5.44. The summed E-state index contributed by atoms with van der Waals surface area (Å²) in [5, 5.41) is 3.06. The maximum atomic E-state index is 12.5. The van der Waals surface area contributed by atoms with Crippen molar-refractivity contribution in [2.24, 2.45) is 0 Å². The van der Waals surface area contributed by atoms with E-state index in [2.05, 4.69) is 41.4 Å². The fraction of sp³-hybridized carbons (Fsp3) is 0.435. The standard InChI is InChI=1S/C23H28N2O2/c1-17-6-4-5-13-25(17)15-19-11-9-18(10-12-19)14-24-23(26)21-16-27-22-8-3-2-7-20(21)22/h2-3,7-12,17,21H,4-6,13-16H2,1H3,(H,24,26). The highest BCUT2D eigenvalue weighted by atomic mass is 16.5. The van der Waals surface area contributed by atoms with Gasteiger partial charge in [0.1, 0.15) is 18.3 Å². The van der Waals surface area contributed by atoms with Crippen molar-refractivity contribution < 1.29 is 9.53 Å². The van der Waals surface area contributed by atoms with Gasteiger partial charge in [0.15, 0.2) is 0 Å². The lowest BCUT2D eigenvalue weighted by Crippen LogP contribution is -2.36. The molecule has 2 aromatic rings. The van der Waals surface area contributed by atoms with Crippen LogP contribution < -0.4 is 10.1 Å². The predicted molar refractivity (Wildman–Crippen MR) is 107 cm³/mol. The van der Waals surface area contributed by atoms with Crippen LogP contribution in [0.4, 0.5) is 0 Å². The highest BCUT2D eigenvalue weighted by Gasteiger charge is 2.29. The summed E-state index contributed by atoms with van der Waals surface area (Å²) in [6, 6.07) is 17.1. The normalized spacial score (nSPS) is 22.1. The molecule has 2 heterocycles. The second-order valence-corrected chi connectivity index (χ2v) is 7.75. The minimum Gasteiger partial charge on any atom is -0.492 e. The van der Waals surface area contributed by atoms with E-state index in [-0.39, 0.29) is 11.8 Å². The minimum absolute atomic E-state index is 0.0335. The summed E-state index contributed by atoms with van der Waals surface area (Å²) in [7, 11) is 0. The maximum Gasteiger partial charge on any atom is 0.231 e.